The van der Waals surface area contributed by atoms with Gasteiger partial charge in [-0.1, -0.05) is 0 Å². The third-order valence-electron chi connectivity index (χ3n) is 3.60. The number of hydrogen-bond donors (Lipinski definition) is 0. The van der Waals surface area contributed by atoms with Gasteiger partial charge in [0, 0.05) is 25.5 Å². The number of amides is 1. The summed E-state index contributed by atoms with van der Waals surface area (Å²) in [7, 11) is 1.71. The smallest absolute Gasteiger partial charge is 0.406 e. The van der Waals surface area contributed by atoms with E-state index in [1.54, 1.807) is 18.1 Å². The number of halogens is 3. The fourth-order valence-electron chi connectivity index (χ4n) is 2.67. The van der Waals surface area contributed by atoms with Crippen molar-refractivity contribution in [1.29, 1.82) is 0 Å². The summed E-state index contributed by atoms with van der Waals surface area (Å²) in [5.41, 5.74) is 1.71. The lowest BCUT2D eigenvalue weighted by Crippen LogP contribution is -2.35. The summed E-state index contributed by atoms with van der Waals surface area (Å²) in [4.78, 5) is 14.1. The molecule has 0 fully saturated rings. The fourth-order valence-corrected chi connectivity index (χ4v) is 2.67. The number of alkyl halides is 3. The van der Waals surface area contributed by atoms with Crippen LogP contribution in [-0.4, -0.2) is 28.6 Å². The lowest BCUT2D eigenvalue weighted by molar-refractivity contribution is -0.274. The molecule has 1 aliphatic rings. The normalized spacial score (nSPS) is 14.5. The second kappa shape index (κ2) is 5.60. The maximum absolute atomic E-state index is 12.6. The average molecular weight is 325 g/mol. The third kappa shape index (κ3) is 3.30. The number of ether oxygens (including phenoxy) is 1. The molecule has 0 saturated carbocycles. The van der Waals surface area contributed by atoms with E-state index < -0.39 is 6.36 Å². The number of rotatable bonds is 2. The van der Waals surface area contributed by atoms with Crippen LogP contribution < -0.4 is 9.64 Å². The van der Waals surface area contributed by atoms with Crippen LogP contribution in [0.4, 0.5) is 18.9 Å². The average Bonchev–Trinajstić information content (AvgIpc) is 2.90. The maximum atomic E-state index is 12.6. The molecule has 0 spiro atoms. The molecule has 1 amide bonds. The lowest BCUT2D eigenvalue weighted by atomic mass is 10.0. The van der Waals surface area contributed by atoms with Gasteiger partial charge >= 0.3 is 6.36 Å². The number of fused-ring (bicyclic) bond motifs is 1. The van der Waals surface area contributed by atoms with Crippen LogP contribution >= 0.6 is 0 Å². The molecule has 0 radical (unpaired) electrons. The number of carbonyl (C=O) groups is 1. The zero-order valence-electron chi connectivity index (χ0n) is 12.3. The Morgan fingerprint density at radius 2 is 2.13 bits per heavy atom. The topological polar surface area (TPSA) is 47.4 Å². The largest absolute Gasteiger partial charge is 0.573 e. The first-order chi connectivity index (χ1) is 10.8. The van der Waals surface area contributed by atoms with E-state index in [0.717, 1.165) is 0 Å². The highest BCUT2D eigenvalue weighted by atomic mass is 19.4. The first kappa shape index (κ1) is 15.4. The molecule has 1 aromatic carbocycles. The van der Waals surface area contributed by atoms with Crippen LogP contribution in [0.3, 0.4) is 0 Å². The highest BCUT2D eigenvalue weighted by molar-refractivity contribution is 6.06. The summed E-state index contributed by atoms with van der Waals surface area (Å²) >= 11 is 0. The summed E-state index contributed by atoms with van der Waals surface area (Å²) in [6.45, 7) is 0.514. The predicted octanol–water partition coefficient (Wildman–Crippen LogP) is 2.91. The molecule has 0 aliphatic carbocycles. The van der Waals surface area contributed by atoms with Gasteiger partial charge in [0.05, 0.1) is 11.8 Å². The summed E-state index contributed by atoms with van der Waals surface area (Å²) in [5.74, 6) is -0.490. The molecule has 1 aliphatic heterocycles. The van der Waals surface area contributed by atoms with E-state index >= 15 is 0 Å². The van der Waals surface area contributed by atoms with E-state index in [4.69, 9.17) is 0 Å². The summed E-state index contributed by atoms with van der Waals surface area (Å²) < 4.78 is 42.4. The van der Waals surface area contributed by atoms with E-state index in [0.29, 0.717) is 36.2 Å². The van der Waals surface area contributed by atoms with E-state index in [2.05, 4.69) is 9.84 Å². The van der Waals surface area contributed by atoms with Gasteiger partial charge in [-0.3, -0.25) is 9.48 Å². The molecule has 0 N–H and O–H groups in total. The molecule has 23 heavy (non-hydrogen) atoms. The molecule has 0 unspecified atom stereocenters. The number of benzene rings is 1. The Balaban J connectivity index is 1.89. The molecule has 8 heteroatoms. The molecule has 2 heterocycles. The molecule has 2 aromatic rings. The van der Waals surface area contributed by atoms with Gasteiger partial charge in [-0.05, 0) is 36.6 Å². The van der Waals surface area contributed by atoms with Crippen LogP contribution in [-0.2, 0) is 13.5 Å². The summed E-state index contributed by atoms with van der Waals surface area (Å²) in [5, 5.41) is 3.97. The summed E-state index contributed by atoms with van der Waals surface area (Å²) in [6.07, 6.45) is -0.376. The van der Waals surface area contributed by atoms with Crippen molar-refractivity contribution >= 4 is 11.6 Å². The monoisotopic (exact) mass is 325 g/mol. The van der Waals surface area contributed by atoms with Crippen molar-refractivity contribution in [2.75, 3.05) is 11.4 Å². The van der Waals surface area contributed by atoms with Gasteiger partial charge in [-0.15, -0.1) is 13.2 Å². The SMILES string of the molecule is Cn1cc(C(=O)N2CCCc3cc(OC(F)(F)F)ccc32)cn1. The van der Waals surface area contributed by atoms with Gasteiger partial charge in [0.1, 0.15) is 5.75 Å². The second-order valence-electron chi connectivity index (χ2n) is 5.30. The number of carbonyl (C=O) groups excluding carboxylic acids is 1. The van der Waals surface area contributed by atoms with Crippen molar-refractivity contribution < 1.29 is 22.7 Å². The van der Waals surface area contributed by atoms with Crippen molar-refractivity contribution in [2.24, 2.45) is 7.05 Å². The number of aryl methyl sites for hydroxylation is 2. The molecule has 0 saturated heterocycles. The van der Waals surface area contributed by atoms with Gasteiger partial charge in [0.2, 0.25) is 0 Å². The van der Waals surface area contributed by atoms with Gasteiger partial charge in [-0.2, -0.15) is 5.10 Å². The van der Waals surface area contributed by atoms with Gasteiger partial charge < -0.3 is 9.64 Å². The predicted molar refractivity (Wildman–Crippen MR) is 76.3 cm³/mol. The fraction of sp³-hybridized carbons (Fsp3) is 0.333. The number of aromatic nitrogens is 2. The minimum atomic E-state index is -4.73. The van der Waals surface area contributed by atoms with Crippen LogP contribution in [0.25, 0.3) is 0 Å². The molecule has 5 nitrogen and oxygen atoms in total. The Bertz CT molecular complexity index is 740. The van der Waals surface area contributed by atoms with Crippen LogP contribution in [0.5, 0.6) is 5.75 Å². The minimum absolute atomic E-state index is 0.219. The second-order valence-corrected chi connectivity index (χ2v) is 5.30. The standard InChI is InChI=1S/C15H14F3N3O2/c1-20-9-11(8-19-20)14(22)21-6-2-3-10-7-12(4-5-13(10)21)23-15(16,17)18/h4-5,7-9H,2-3,6H2,1H3. The third-order valence-corrected chi connectivity index (χ3v) is 3.60. The van der Waals surface area contributed by atoms with Gasteiger partial charge in [-0.25, -0.2) is 0 Å². The number of hydrogen-bond acceptors (Lipinski definition) is 3. The van der Waals surface area contributed by atoms with Crippen molar-refractivity contribution in [1.82, 2.24) is 9.78 Å². The molecule has 0 atom stereocenters. The highest BCUT2D eigenvalue weighted by Gasteiger charge is 2.32. The molecule has 1 aromatic heterocycles. The zero-order chi connectivity index (χ0) is 16.6. The highest BCUT2D eigenvalue weighted by Crippen LogP contribution is 2.33. The first-order valence-electron chi connectivity index (χ1n) is 7.03. The van der Waals surface area contributed by atoms with Crippen molar-refractivity contribution in [2.45, 2.75) is 19.2 Å². The van der Waals surface area contributed by atoms with Gasteiger partial charge in [0.15, 0.2) is 0 Å². The number of anilines is 1. The Morgan fingerprint density at radius 3 is 2.78 bits per heavy atom. The lowest BCUT2D eigenvalue weighted by Gasteiger charge is -2.29. The van der Waals surface area contributed by atoms with E-state index in [9.17, 15) is 18.0 Å². The molecule has 0 bridgehead atoms. The quantitative estimate of drug-likeness (QED) is 0.853. The van der Waals surface area contributed by atoms with Crippen molar-refractivity contribution in [3.05, 3.63) is 41.7 Å². The molecular weight excluding hydrogens is 311 g/mol. The first-order valence-corrected chi connectivity index (χ1v) is 7.03. The molecule has 122 valence electrons. The maximum Gasteiger partial charge on any atom is 0.573 e. The van der Waals surface area contributed by atoms with Gasteiger partial charge in [0.25, 0.3) is 5.91 Å². The van der Waals surface area contributed by atoms with Crippen LogP contribution in [0, 0.1) is 0 Å². The van der Waals surface area contributed by atoms with E-state index in [-0.39, 0.29) is 11.7 Å². The Morgan fingerprint density at radius 1 is 1.35 bits per heavy atom. The molecular formula is C15H14F3N3O2. The Kier molecular flexibility index (Phi) is 3.75. The van der Waals surface area contributed by atoms with Crippen LogP contribution in [0.2, 0.25) is 0 Å². The van der Waals surface area contributed by atoms with Crippen molar-refractivity contribution in [3.8, 4) is 5.75 Å². The van der Waals surface area contributed by atoms with Crippen LogP contribution in [0.1, 0.15) is 22.3 Å². The van der Waals surface area contributed by atoms with Crippen molar-refractivity contribution in [3.63, 3.8) is 0 Å². The minimum Gasteiger partial charge on any atom is -0.406 e. The molecule has 3 rings (SSSR count). The number of nitrogens with zero attached hydrogens (tertiary/aromatic N) is 3. The van der Waals surface area contributed by atoms with E-state index in [1.807, 2.05) is 0 Å². The van der Waals surface area contributed by atoms with Crippen LogP contribution in [0.15, 0.2) is 30.6 Å². The Hall–Kier alpha value is -2.51. The Labute approximate surface area is 130 Å². The zero-order valence-corrected chi connectivity index (χ0v) is 12.3. The summed E-state index contributed by atoms with van der Waals surface area (Å²) in [6, 6.07) is 4.05. The van der Waals surface area contributed by atoms with E-state index in [1.165, 1.54) is 29.1 Å².